The Balaban J connectivity index is 1.34. The summed E-state index contributed by atoms with van der Waals surface area (Å²) in [6.45, 7) is 3.56. The van der Waals surface area contributed by atoms with Crippen molar-refractivity contribution >= 4 is 11.5 Å². The molecule has 0 saturated carbocycles. The SMILES string of the molecule is COc1cc2c(cc1OC)C(=O)C(CN1CCN(c3ccc(OC(F)(F)F)cc3)CC1)OC2. The number of anilines is 1. The van der Waals surface area contributed by atoms with E-state index in [1.807, 2.05) is 0 Å². The Bertz CT molecular complexity index is 989. The largest absolute Gasteiger partial charge is 0.573 e. The van der Waals surface area contributed by atoms with E-state index in [1.54, 1.807) is 31.4 Å². The Kier molecular flexibility index (Phi) is 6.66. The minimum absolute atomic E-state index is 0.0834. The summed E-state index contributed by atoms with van der Waals surface area (Å²) in [7, 11) is 3.07. The van der Waals surface area contributed by atoms with Crippen molar-refractivity contribution in [1.29, 1.82) is 0 Å². The maximum atomic E-state index is 13.0. The van der Waals surface area contributed by atoms with Crippen molar-refractivity contribution in [3.05, 3.63) is 47.5 Å². The van der Waals surface area contributed by atoms with E-state index < -0.39 is 12.5 Å². The lowest BCUT2D eigenvalue weighted by molar-refractivity contribution is -0.274. The molecular weight excluding hydrogens is 441 g/mol. The fraction of sp³-hybridized carbons (Fsp3) is 0.435. The minimum atomic E-state index is -4.70. The van der Waals surface area contributed by atoms with Gasteiger partial charge in [0.1, 0.15) is 11.9 Å². The van der Waals surface area contributed by atoms with Crippen molar-refractivity contribution in [2.24, 2.45) is 0 Å². The maximum absolute atomic E-state index is 13.0. The van der Waals surface area contributed by atoms with E-state index in [2.05, 4.69) is 14.5 Å². The molecule has 33 heavy (non-hydrogen) atoms. The van der Waals surface area contributed by atoms with Gasteiger partial charge in [-0.25, -0.2) is 0 Å². The second kappa shape index (κ2) is 9.48. The highest BCUT2D eigenvalue weighted by molar-refractivity contribution is 6.02. The Morgan fingerprint density at radius 3 is 2.24 bits per heavy atom. The van der Waals surface area contributed by atoms with Gasteiger partial charge < -0.3 is 23.8 Å². The number of hydrogen-bond acceptors (Lipinski definition) is 7. The molecule has 2 aliphatic heterocycles. The van der Waals surface area contributed by atoms with Crippen molar-refractivity contribution in [3.8, 4) is 17.2 Å². The number of fused-ring (bicyclic) bond motifs is 1. The highest BCUT2D eigenvalue weighted by Crippen LogP contribution is 2.34. The number of benzene rings is 2. The Morgan fingerprint density at radius 2 is 1.64 bits per heavy atom. The van der Waals surface area contributed by atoms with Gasteiger partial charge in [0, 0.05) is 44.0 Å². The molecule has 178 valence electrons. The van der Waals surface area contributed by atoms with Gasteiger partial charge in [0.25, 0.3) is 0 Å². The fourth-order valence-electron chi connectivity index (χ4n) is 4.13. The lowest BCUT2D eigenvalue weighted by Gasteiger charge is -2.38. The van der Waals surface area contributed by atoms with Crippen LogP contribution in [0.4, 0.5) is 18.9 Å². The molecule has 0 radical (unpaired) electrons. The quantitative estimate of drug-likeness (QED) is 0.646. The molecule has 4 rings (SSSR count). The summed E-state index contributed by atoms with van der Waals surface area (Å²) in [6.07, 6.45) is -5.27. The molecule has 0 N–H and O–H groups in total. The van der Waals surface area contributed by atoms with Gasteiger partial charge in [-0.3, -0.25) is 9.69 Å². The Morgan fingerprint density at radius 1 is 1.00 bits per heavy atom. The van der Waals surface area contributed by atoms with E-state index in [4.69, 9.17) is 14.2 Å². The Hall–Kier alpha value is -2.98. The van der Waals surface area contributed by atoms with Crippen molar-refractivity contribution < 1.29 is 36.9 Å². The van der Waals surface area contributed by atoms with Crippen molar-refractivity contribution in [3.63, 3.8) is 0 Å². The fourth-order valence-corrected chi connectivity index (χ4v) is 4.13. The van der Waals surface area contributed by atoms with Crippen LogP contribution in [0.1, 0.15) is 15.9 Å². The lowest BCUT2D eigenvalue weighted by Crippen LogP contribution is -2.50. The van der Waals surface area contributed by atoms with E-state index in [0.29, 0.717) is 56.4 Å². The van der Waals surface area contributed by atoms with Gasteiger partial charge in [-0.05, 0) is 42.0 Å². The molecule has 0 spiro atoms. The molecule has 10 heteroatoms. The molecule has 1 saturated heterocycles. The third-order valence-corrected chi connectivity index (χ3v) is 5.84. The summed E-state index contributed by atoms with van der Waals surface area (Å²) in [6, 6.07) is 9.32. The first kappa shape index (κ1) is 23.2. The highest BCUT2D eigenvalue weighted by atomic mass is 19.4. The van der Waals surface area contributed by atoms with Crippen LogP contribution < -0.4 is 19.1 Å². The number of Topliss-reactive ketones (excluding diaryl/α,β-unsaturated/α-hetero) is 1. The summed E-state index contributed by atoms with van der Waals surface area (Å²) < 4.78 is 57.4. The maximum Gasteiger partial charge on any atom is 0.573 e. The molecule has 2 aliphatic rings. The van der Waals surface area contributed by atoms with E-state index in [1.165, 1.54) is 19.2 Å². The van der Waals surface area contributed by atoms with Crippen LogP contribution in [0.15, 0.2) is 36.4 Å². The first-order valence-corrected chi connectivity index (χ1v) is 10.5. The molecule has 0 amide bonds. The zero-order chi connectivity index (χ0) is 23.6. The van der Waals surface area contributed by atoms with Gasteiger partial charge in [-0.1, -0.05) is 0 Å². The number of carbonyl (C=O) groups excluding carboxylic acids is 1. The summed E-state index contributed by atoms with van der Waals surface area (Å²) in [5.41, 5.74) is 2.18. The zero-order valence-corrected chi connectivity index (χ0v) is 18.4. The molecule has 1 atom stereocenters. The van der Waals surface area contributed by atoms with Gasteiger partial charge in [0.15, 0.2) is 17.3 Å². The average molecular weight is 466 g/mol. The van der Waals surface area contributed by atoms with Crippen LogP contribution in [-0.4, -0.2) is 70.1 Å². The lowest BCUT2D eigenvalue weighted by atomic mass is 9.96. The number of alkyl halides is 3. The summed E-state index contributed by atoms with van der Waals surface area (Å²) in [5, 5.41) is 0. The van der Waals surface area contributed by atoms with Gasteiger partial charge in [0.2, 0.25) is 0 Å². The van der Waals surface area contributed by atoms with E-state index in [9.17, 15) is 18.0 Å². The molecular formula is C23H25F3N2O5. The van der Waals surface area contributed by atoms with Crippen molar-refractivity contribution in [1.82, 2.24) is 4.90 Å². The number of carbonyl (C=O) groups is 1. The molecule has 2 aromatic carbocycles. The van der Waals surface area contributed by atoms with E-state index in [0.717, 1.165) is 11.3 Å². The monoisotopic (exact) mass is 466 g/mol. The summed E-state index contributed by atoms with van der Waals surface area (Å²) in [4.78, 5) is 17.3. The first-order valence-electron chi connectivity index (χ1n) is 10.5. The zero-order valence-electron chi connectivity index (χ0n) is 18.4. The highest BCUT2D eigenvalue weighted by Gasteiger charge is 2.33. The molecule has 7 nitrogen and oxygen atoms in total. The van der Waals surface area contributed by atoms with Crippen LogP contribution in [0, 0.1) is 0 Å². The smallest absolute Gasteiger partial charge is 0.493 e. The number of ketones is 1. The van der Waals surface area contributed by atoms with Gasteiger partial charge >= 0.3 is 6.36 Å². The van der Waals surface area contributed by atoms with Gasteiger partial charge in [-0.2, -0.15) is 0 Å². The van der Waals surface area contributed by atoms with Gasteiger partial charge in [0.05, 0.1) is 20.8 Å². The van der Waals surface area contributed by atoms with Crippen LogP contribution in [0.3, 0.4) is 0 Å². The molecule has 1 unspecified atom stereocenters. The number of nitrogens with zero attached hydrogens (tertiary/aromatic N) is 2. The van der Waals surface area contributed by atoms with Crippen LogP contribution in [0.25, 0.3) is 0 Å². The van der Waals surface area contributed by atoms with Crippen LogP contribution >= 0.6 is 0 Å². The molecule has 2 aromatic rings. The first-order chi connectivity index (χ1) is 15.8. The third-order valence-electron chi connectivity index (χ3n) is 5.84. The summed E-state index contributed by atoms with van der Waals surface area (Å²) in [5.74, 6) is 0.734. The number of hydrogen-bond donors (Lipinski definition) is 0. The molecule has 0 aromatic heterocycles. The van der Waals surface area contributed by atoms with Crippen LogP contribution in [0.2, 0.25) is 0 Å². The number of piperazine rings is 1. The third kappa shape index (κ3) is 5.33. The predicted molar refractivity (Wildman–Crippen MR) is 114 cm³/mol. The minimum Gasteiger partial charge on any atom is -0.493 e. The number of rotatable bonds is 6. The predicted octanol–water partition coefficient (Wildman–Crippen LogP) is 3.51. The second-order valence-corrected chi connectivity index (χ2v) is 7.86. The molecule has 0 bridgehead atoms. The normalized spacial score (nSPS) is 19.2. The topological polar surface area (TPSA) is 60.5 Å². The number of ether oxygens (including phenoxy) is 4. The number of methoxy groups -OCH3 is 2. The van der Waals surface area contributed by atoms with E-state index >= 15 is 0 Å². The van der Waals surface area contributed by atoms with Crippen LogP contribution in [-0.2, 0) is 11.3 Å². The van der Waals surface area contributed by atoms with Crippen molar-refractivity contribution in [2.45, 2.75) is 19.1 Å². The summed E-state index contributed by atoms with van der Waals surface area (Å²) >= 11 is 0. The standard InChI is InChI=1S/C23H25F3N2O5/c1-30-19-11-15-14-32-21(22(29)18(15)12-20(19)31-2)13-27-7-9-28(10-8-27)16-3-5-17(6-4-16)33-23(24,25)26/h3-6,11-12,21H,7-10,13-14H2,1-2H3. The molecule has 2 heterocycles. The molecule has 1 fully saturated rings. The van der Waals surface area contributed by atoms with Gasteiger partial charge in [-0.15, -0.1) is 13.2 Å². The average Bonchev–Trinajstić information content (AvgIpc) is 2.80. The second-order valence-electron chi connectivity index (χ2n) is 7.86. The molecule has 0 aliphatic carbocycles. The number of halogens is 3. The van der Waals surface area contributed by atoms with Crippen molar-refractivity contribution in [2.75, 3.05) is 51.8 Å². The van der Waals surface area contributed by atoms with Crippen LogP contribution in [0.5, 0.6) is 17.2 Å². The van der Waals surface area contributed by atoms with E-state index in [-0.39, 0.29) is 11.5 Å². The Labute approximate surface area is 189 Å².